The lowest BCUT2D eigenvalue weighted by molar-refractivity contribution is -0.126. The summed E-state index contributed by atoms with van der Waals surface area (Å²) in [5, 5.41) is 20.3. The molecule has 0 heterocycles. The van der Waals surface area contributed by atoms with Gasteiger partial charge in [-0.2, -0.15) is 0 Å². The third-order valence-electron chi connectivity index (χ3n) is 2.42. The smallest absolute Gasteiger partial charge is 0.335 e. The molecule has 102 valence electrons. The van der Waals surface area contributed by atoms with Gasteiger partial charge in [0.15, 0.2) is 0 Å². The fraction of sp³-hybridized carbons (Fsp3) is 0.250. The third kappa shape index (κ3) is 4.40. The fourth-order valence-corrected chi connectivity index (χ4v) is 1.43. The highest BCUT2D eigenvalue weighted by molar-refractivity contribution is 5.91. The van der Waals surface area contributed by atoms with Crippen LogP contribution in [0.1, 0.15) is 15.9 Å². The monoisotopic (exact) mass is 266 g/mol. The van der Waals surface area contributed by atoms with E-state index < -0.39 is 23.9 Å². The zero-order valence-corrected chi connectivity index (χ0v) is 10.00. The van der Waals surface area contributed by atoms with E-state index in [2.05, 4.69) is 5.32 Å². The van der Waals surface area contributed by atoms with Crippen LogP contribution in [0.2, 0.25) is 0 Å². The first kappa shape index (κ1) is 14.7. The largest absolute Gasteiger partial charge is 0.478 e. The Labute approximate surface area is 109 Å². The second kappa shape index (κ2) is 6.50. The number of carboxylic acid groups (broad SMARTS) is 1. The predicted molar refractivity (Wildman–Crippen MR) is 65.3 cm³/mol. The summed E-state index contributed by atoms with van der Waals surface area (Å²) in [5.41, 5.74) is 5.20. The Kier molecular flexibility index (Phi) is 5.01. The Morgan fingerprint density at radius 1 is 1.26 bits per heavy atom. The highest BCUT2D eigenvalue weighted by atomic mass is 16.4. The maximum absolute atomic E-state index is 11.5. The molecule has 1 unspecified atom stereocenters. The number of aromatic carboxylic acids is 1. The maximum Gasteiger partial charge on any atom is 0.335 e. The van der Waals surface area contributed by atoms with Crippen molar-refractivity contribution in [3.05, 3.63) is 35.4 Å². The number of primary amides is 1. The number of aliphatic hydroxyl groups is 1. The van der Waals surface area contributed by atoms with Crippen LogP contribution in [0.3, 0.4) is 0 Å². The van der Waals surface area contributed by atoms with E-state index >= 15 is 0 Å². The van der Waals surface area contributed by atoms with Crippen molar-refractivity contribution in [2.45, 2.75) is 12.5 Å². The van der Waals surface area contributed by atoms with Crippen LogP contribution in [0.15, 0.2) is 24.3 Å². The summed E-state index contributed by atoms with van der Waals surface area (Å²) in [4.78, 5) is 33.0. The van der Waals surface area contributed by atoms with Crippen LogP contribution in [0.5, 0.6) is 0 Å². The average molecular weight is 266 g/mol. The van der Waals surface area contributed by atoms with Gasteiger partial charge in [0.05, 0.1) is 18.5 Å². The number of nitrogens with one attached hydrogen (secondary N) is 1. The predicted octanol–water partition coefficient (Wildman–Crippen LogP) is -1.11. The van der Waals surface area contributed by atoms with Crippen molar-refractivity contribution in [1.29, 1.82) is 0 Å². The van der Waals surface area contributed by atoms with E-state index in [0.29, 0.717) is 5.56 Å². The molecule has 0 radical (unpaired) electrons. The molecule has 0 saturated carbocycles. The van der Waals surface area contributed by atoms with Crippen molar-refractivity contribution in [3.8, 4) is 0 Å². The van der Waals surface area contributed by atoms with Crippen molar-refractivity contribution in [3.63, 3.8) is 0 Å². The molecule has 7 heteroatoms. The van der Waals surface area contributed by atoms with Crippen LogP contribution in [0, 0.1) is 0 Å². The standard InChI is InChI=1S/C12H14N2O5/c13-11(17)9(15)6-14-10(16)5-7-3-1-2-4-8(7)12(18)19/h1-4,9,15H,5-6H2,(H2,13,17)(H,14,16)(H,18,19). The summed E-state index contributed by atoms with van der Waals surface area (Å²) >= 11 is 0. The Morgan fingerprint density at radius 3 is 2.47 bits per heavy atom. The minimum atomic E-state index is -1.46. The van der Waals surface area contributed by atoms with Crippen LogP contribution in [-0.4, -0.2) is 40.6 Å². The number of benzene rings is 1. The quantitative estimate of drug-likeness (QED) is 0.518. The van der Waals surface area contributed by atoms with E-state index in [1.54, 1.807) is 12.1 Å². The molecule has 19 heavy (non-hydrogen) atoms. The highest BCUT2D eigenvalue weighted by Crippen LogP contribution is 2.09. The van der Waals surface area contributed by atoms with Crippen LogP contribution < -0.4 is 11.1 Å². The van der Waals surface area contributed by atoms with Gasteiger partial charge in [-0.25, -0.2) is 4.79 Å². The summed E-state index contributed by atoms with van der Waals surface area (Å²) in [6.07, 6.45) is -1.62. The molecule has 1 aromatic carbocycles. The van der Waals surface area contributed by atoms with Crippen LogP contribution in [0.4, 0.5) is 0 Å². The van der Waals surface area contributed by atoms with Crippen LogP contribution in [0.25, 0.3) is 0 Å². The molecule has 0 bridgehead atoms. The first-order chi connectivity index (χ1) is 8.91. The minimum Gasteiger partial charge on any atom is -0.478 e. The molecule has 0 aliphatic heterocycles. The zero-order valence-electron chi connectivity index (χ0n) is 10.00. The van der Waals surface area contributed by atoms with Gasteiger partial charge in [-0.05, 0) is 11.6 Å². The molecule has 0 aliphatic carbocycles. The van der Waals surface area contributed by atoms with Crippen molar-refractivity contribution >= 4 is 17.8 Å². The molecular weight excluding hydrogens is 252 g/mol. The van der Waals surface area contributed by atoms with Gasteiger partial charge in [0.25, 0.3) is 0 Å². The van der Waals surface area contributed by atoms with Crippen molar-refractivity contribution in [2.75, 3.05) is 6.54 Å². The number of hydrogen-bond donors (Lipinski definition) is 4. The molecule has 0 aromatic heterocycles. The van der Waals surface area contributed by atoms with Gasteiger partial charge in [0.1, 0.15) is 6.10 Å². The van der Waals surface area contributed by atoms with E-state index in [4.69, 9.17) is 15.9 Å². The molecule has 1 aromatic rings. The van der Waals surface area contributed by atoms with E-state index in [-0.39, 0.29) is 18.5 Å². The second-order valence-electron chi connectivity index (χ2n) is 3.86. The number of amides is 2. The Morgan fingerprint density at radius 2 is 1.89 bits per heavy atom. The van der Waals surface area contributed by atoms with Gasteiger partial charge >= 0.3 is 5.97 Å². The van der Waals surface area contributed by atoms with Crippen LogP contribution in [-0.2, 0) is 16.0 Å². The first-order valence-corrected chi connectivity index (χ1v) is 5.47. The van der Waals surface area contributed by atoms with Crippen molar-refractivity contribution in [1.82, 2.24) is 5.32 Å². The van der Waals surface area contributed by atoms with Crippen molar-refractivity contribution < 1.29 is 24.6 Å². The zero-order chi connectivity index (χ0) is 14.4. The molecule has 7 nitrogen and oxygen atoms in total. The van der Waals surface area contributed by atoms with E-state index in [9.17, 15) is 14.4 Å². The molecule has 2 amide bonds. The van der Waals surface area contributed by atoms with E-state index in [0.717, 1.165) is 0 Å². The van der Waals surface area contributed by atoms with E-state index in [1.165, 1.54) is 12.1 Å². The SMILES string of the molecule is NC(=O)C(O)CNC(=O)Cc1ccccc1C(=O)O. The molecule has 0 saturated heterocycles. The molecule has 0 aliphatic rings. The topological polar surface area (TPSA) is 130 Å². The van der Waals surface area contributed by atoms with E-state index in [1.807, 2.05) is 0 Å². The lowest BCUT2D eigenvalue weighted by Crippen LogP contribution is -2.40. The third-order valence-corrected chi connectivity index (χ3v) is 2.42. The number of carbonyl (C=O) groups excluding carboxylic acids is 2. The fourth-order valence-electron chi connectivity index (χ4n) is 1.43. The number of rotatable bonds is 6. The molecule has 0 spiro atoms. The maximum atomic E-state index is 11.5. The number of carboxylic acids is 1. The number of aliphatic hydroxyl groups excluding tert-OH is 1. The molecule has 1 atom stereocenters. The Balaban J connectivity index is 2.63. The second-order valence-corrected chi connectivity index (χ2v) is 3.86. The van der Waals surface area contributed by atoms with Crippen molar-refractivity contribution in [2.24, 2.45) is 5.73 Å². The number of carbonyl (C=O) groups is 3. The number of nitrogens with two attached hydrogens (primary N) is 1. The summed E-state index contributed by atoms with van der Waals surface area (Å²) in [6.45, 7) is -0.302. The minimum absolute atomic E-state index is 0.0353. The van der Waals surface area contributed by atoms with Gasteiger partial charge in [0, 0.05) is 0 Å². The molecule has 0 fully saturated rings. The van der Waals surface area contributed by atoms with Gasteiger partial charge in [-0.3, -0.25) is 9.59 Å². The van der Waals surface area contributed by atoms with Gasteiger partial charge in [0.2, 0.25) is 11.8 Å². The average Bonchev–Trinajstić information content (AvgIpc) is 2.36. The summed E-state index contributed by atoms with van der Waals surface area (Å²) in [7, 11) is 0. The molecule has 5 N–H and O–H groups in total. The van der Waals surface area contributed by atoms with Gasteiger partial charge < -0.3 is 21.3 Å². The highest BCUT2D eigenvalue weighted by Gasteiger charge is 2.15. The van der Waals surface area contributed by atoms with Gasteiger partial charge in [-0.1, -0.05) is 18.2 Å². The summed E-state index contributed by atoms with van der Waals surface area (Å²) in [5.74, 6) is -2.57. The van der Waals surface area contributed by atoms with Gasteiger partial charge in [-0.15, -0.1) is 0 Å². The lowest BCUT2D eigenvalue weighted by atomic mass is 10.0. The number of hydrogen-bond acceptors (Lipinski definition) is 4. The molecular formula is C12H14N2O5. The van der Waals surface area contributed by atoms with Crippen LogP contribution >= 0.6 is 0 Å². The lowest BCUT2D eigenvalue weighted by Gasteiger charge is -2.09. The first-order valence-electron chi connectivity index (χ1n) is 5.47. The molecule has 1 rings (SSSR count). The Hall–Kier alpha value is -2.41. The Bertz CT molecular complexity index is 501. The normalized spacial score (nSPS) is 11.6. The summed E-state index contributed by atoms with van der Waals surface area (Å²) in [6, 6.07) is 6.09. The summed E-state index contributed by atoms with van der Waals surface area (Å²) < 4.78 is 0.